The average molecular weight is 264 g/mol. The molecule has 0 aliphatic carbocycles. The van der Waals surface area contributed by atoms with Crippen molar-refractivity contribution in [3.05, 3.63) is 23.8 Å². The summed E-state index contributed by atoms with van der Waals surface area (Å²) in [6, 6.07) is 6.09. The Kier molecular flexibility index (Phi) is 4.66. The molecule has 1 aromatic carbocycles. The van der Waals surface area contributed by atoms with Gasteiger partial charge in [0.1, 0.15) is 6.04 Å². The molecule has 0 fully saturated rings. The van der Waals surface area contributed by atoms with Crippen LogP contribution in [0.25, 0.3) is 0 Å². The van der Waals surface area contributed by atoms with Gasteiger partial charge in [0.25, 0.3) is 0 Å². The Hall–Kier alpha value is -1.00. The molecule has 0 spiro atoms. The van der Waals surface area contributed by atoms with Crippen molar-refractivity contribution in [3.63, 3.8) is 0 Å². The Morgan fingerprint density at radius 3 is 2.94 bits per heavy atom. The molecule has 2 rings (SSSR count). The maximum atomic E-state index is 11.8. The number of amides is 1. The quantitative estimate of drug-likeness (QED) is 0.612. The standard InChI is InChI=1S/C14H20N2OS/c1-3-5-8-18-10-6-7-11-12(9-10)16-14(17)13(11)15-4-2/h6-7,9,13,15H,3-5,8H2,1-2H3,(H,16,17). The van der Waals surface area contributed by atoms with Crippen molar-refractivity contribution < 1.29 is 4.79 Å². The number of benzene rings is 1. The fourth-order valence-corrected chi connectivity index (χ4v) is 3.11. The average Bonchev–Trinajstić information content (AvgIpc) is 2.66. The highest BCUT2D eigenvalue weighted by atomic mass is 32.2. The molecule has 1 amide bonds. The summed E-state index contributed by atoms with van der Waals surface area (Å²) >= 11 is 1.86. The number of fused-ring (bicyclic) bond motifs is 1. The molecule has 0 saturated carbocycles. The molecule has 1 aromatic rings. The molecule has 4 heteroatoms. The SMILES string of the molecule is CCCCSc1ccc2c(c1)NC(=O)C2NCC. The van der Waals surface area contributed by atoms with E-state index in [0.717, 1.165) is 23.5 Å². The second-order valence-electron chi connectivity index (χ2n) is 4.43. The van der Waals surface area contributed by atoms with Crippen molar-refractivity contribution in [1.29, 1.82) is 0 Å². The van der Waals surface area contributed by atoms with Gasteiger partial charge >= 0.3 is 0 Å². The van der Waals surface area contributed by atoms with Crippen LogP contribution < -0.4 is 10.6 Å². The number of hydrogen-bond donors (Lipinski definition) is 2. The third-order valence-corrected chi connectivity index (χ3v) is 4.11. The first kappa shape index (κ1) is 13.4. The van der Waals surface area contributed by atoms with Crippen molar-refractivity contribution in [1.82, 2.24) is 5.32 Å². The van der Waals surface area contributed by atoms with E-state index >= 15 is 0 Å². The number of nitrogens with one attached hydrogen (secondary N) is 2. The Bertz CT molecular complexity index is 434. The molecule has 1 unspecified atom stereocenters. The van der Waals surface area contributed by atoms with Crippen LogP contribution in [0.4, 0.5) is 5.69 Å². The van der Waals surface area contributed by atoms with Gasteiger partial charge in [0, 0.05) is 16.1 Å². The lowest BCUT2D eigenvalue weighted by Gasteiger charge is -2.09. The van der Waals surface area contributed by atoms with Gasteiger partial charge < -0.3 is 10.6 Å². The van der Waals surface area contributed by atoms with Crippen LogP contribution in [0.2, 0.25) is 0 Å². The lowest BCUT2D eigenvalue weighted by Crippen LogP contribution is -2.27. The lowest BCUT2D eigenvalue weighted by molar-refractivity contribution is -0.117. The normalized spacial score (nSPS) is 17.7. The minimum atomic E-state index is -0.181. The molecule has 18 heavy (non-hydrogen) atoms. The summed E-state index contributed by atoms with van der Waals surface area (Å²) in [5.74, 6) is 1.20. The van der Waals surface area contributed by atoms with Gasteiger partial charge in [0.2, 0.25) is 5.91 Å². The molecule has 0 aromatic heterocycles. The Morgan fingerprint density at radius 2 is 2.22 bits per heavy atom. The van der Waals surface area contributed by atoms with Crippen LogP contribution in [0.5, 0.6) is 0 Å². The minimum absolute atomic E-state index is 0.0579. The topological polar surface area (TPSA) is 41.1 Å². The summed E-state index contributed by atoms with van der Waals surface area (Å²) in [6.07, 6.45) is 2.45. The predicted molar refractivity (Wildman–Crippen MR) is 77.1 cm³/mol. The summed E-state index contributed by atoms with van der Waals surface area (Å²) in [5, 5.41) is 6.15. The van der Waals surface area contributed by atoms with Gasteiger partial charge in [0.15, 0.2) is 0 Å². The molecule has 3 nitrogen and oxygen atoms in total. The summed E-state index contributed by atoms with van der Waals surface area (Å²) in [5.41, 5.74) is 2.04. The largest absolute Gasteiger partial charge is 0.324 e. The maximum absolute atomic E-state index is 11.8. The second kappa shape index (κ2) is 6.25. The van der Waals surface area contributed by atoms with E-state index in [0.29, 0.717) is 0 Å². The number of anilines is 1. The van der Waals surface area contributed by atoms with Crippen molar-refractivity contribution in [3.8, 4) is 0 Å². The molecule has 2 N–H and O–H groups in total. The number of carbonyl (C=O) groups excluding carboxylic acids is 1. The molecule has 1 aliphatic heterocycles. The van der Waals surface area contributed by atoms with Crippen LogP contribution in [0.3, 0.4) is 0 Å². The molecule has 1 aliphatic rings. The Morgan fingerprint density at radius 1 is 1.39 bits per heavy atom. The highest BCUT2D eigenvalue weighted by Crippen LogP contribution is 2.34. The lowest BCUT2D eigenvalue weighted by atomic mass is 10.1. The molecule has 0 radical (unpaired) electrons. The van der Waals surface area contributed by atoms with Gasteiger partial charge in [-0.25, -0.2) is 0 Å². The van der Waals surface area contributed by atoms with Crippen LogP contribution in [0.15, 0.2) is 23.1 Å². The molecular formula is C14H20N2OS. The van der Waals surface area contributed by atoms with Crippen LogP contribution in [0, 0.1) is 0 Å². The first-order valence-electron chi connectivity index (χ1n) is 6.57. The Balaban J connectivity index is 2.09. The van der Waals surface area contributed by atoms with Crippen molar-refractivity contribution in [2.75, 3.05) is 17.6 Å². The van der Waals surface area contributed by atoms with E-state index in [4.69, 9.17) is 0 Å². The zero-order chi connectivity index (χ0) is 13.0. The van der Waals surface area contributed by atoms with Crippen LogP contribution >= 0.6 is 11.8 Å². The summed E-state index contributed by atoms with van der Waals surface area (Å²) in [4.78, 5) is 13.0. The molecule has 0 saturated heterocycles. The summed E-state index contributed by atoms with van der Waals surface area (Å²) < 4.78 is 0. The van der Waals surface area contributed by atoms with Crippen molar-refractivity contribution in [2.24, 2.45) is 0 Å². The number of hydrogen-bond acceptors (Lipinski definition) is 3. The van der Waals surface area contributed by atoms with E-state index in [1.165, 1.54) is 17.7 Å². The fourth-order valence-electron chi connectivity index (χ4n) is 2.07. The van der Waals surface area contributed by atoms with Crippen molar-refractivity contribution in [2.45, 2.75) is 37.6 Å². The third kappa shape index (κ3) is 2.87. The zero-order valence-electron chi connectivity index (χ0n) is 11.0. The van der Waals surface area contributed by atoms with E-state index < -0.39 is 0 Å². The van der Waals surface area contributed by atoms with E-state index in [9.17, 15) is 4.79 Å². The first-order valence-corrected chi connectivity index (χ1v) is 7.55. The van der Waals surface area contributed by atoms with Gasteiger partial charge in [-0.1, -0.05) is 26.3 Å². The molecule has 1 atom stereocenters. The number of rotatable bonds is 6. The smallest absolute Gasteiger partial charge is 0.246 e. The van der Waals surface area contributed by atoms with Gasteiger partial charge in [-0.2, -0.15) is 0 Å². The molecule has 0 bridgehead atoms. The van der Waals surface area contributed by atoms with Gasteiger partial charge in [-0.3, -0.25) is 4.79 Å². The number of thioether (sulfide) groups is 1. The van der Waals surface area contributed by atoms with Gasteiger partial charge in [-0.15, -0.1) is 11.8 Å². The number of carbonyl (C=O) groups is 1. The summed E-state index contributed by atoms with van der Waals surface area (Å²) in [6.45, 7) is 5.01. The van der Waals surface area contributed by atoms with Gasteiger partial charge in [-0.05, 0) is 30.9 Å². The predicted octanol–water partition coefficient (Wildman–Crippen LogP) is 3.18. The van der Waals surface area contributed by atoms with E-state index in [-0.39, 0.29) is 11.9 Å². The van der Waals surface area contributed by atoms with Crippen LogP contribution in [0.1, 0.15) is 38.3 Å². The molecular weight excluding hydrogens is 244 g/mol. The highest BCUT2D eigenvalue weighted by molar-refractivity contribution is 7.99. The second-order valence-corrected chi connectivity index (χ2v) is 5.60. The minimum Gasteiger partial charge on any atom is -0.324 e. The van der Waals surface area contributed by atoms with Crippen molar-refractivity contribution >= 4 is 23.4 Å². The van der Waals surface area contributed by atoms with E-state index in [1.54, 1.807) is 0 Å². The van der Waals surface area contributed by atoms with E-state index in [1.807, 2.05) is 18.7 Å². The maximum Gasteiger partial charge on any atom is 0.246 e. The van der Waals surface area contributed by atoms with Crippen LogP contribution in [-0.2, 0) is 4.79 Å². The van der Waals surface area contributed by atoms with Crippen LogP contribution in [-0.4, -0.2) is 18.2 Å². The fraction of sp³-hybridized carbons (Fsp3) is 0.500. The highest BCUT2D eigenvalue weighted by Gasteiger charge is 2.29. The number of unbranched alkanes of at least 4 members (excludes halogenated alkanes) is 1. The Labute approximate surface area is 113 Å². The van der Waals surface area contributed by atoms with Gasteiger partial charge in [0.05, 0.1) is 0 Å². The van der Waals surface area contributed by atoms with E-state index in [2.05, 4.69) is 35.8 Å². The third-order valence-electron chi connectivity index (χ3n) is 3.03. The summed E-state index contributed by atoms with van der Waals surface area (Å²) in [7, 11) is 0. The monoisotopic (exact) mass is 264 g/mol. The molecule has 1 heterocycles. The number of likely N-dealkylation sites (N-methyl/N-ethyl adjacent to an activating group) is 1. The molecule has 98 valence electrons. The first-order chi connectivity index (χ1) is 8.76. The zero-order valence-corrected chi connectivity index (χ0v) is 11.8.